The summed E-state index contributed by atoms with van der Waals surface area (Å²) in [4.78, 5) is 29.6. The maximum Gasteiger partial charge on any atom is 0.264 e. The molecule has 0 aliphatic carbocycles. The van der Waals surface area contributed by atoms with Crippen LogP contribution in [0.2, 0.25) is 0 Å². The highest BCUT2D eigenvalue weighted by Crippen LogP contribution is 2.17. The standard InChI is InChI=1S/C19H21N3O4/c1-12-5-7-14(8-6-12)16-10-17(26-22-16)19(24)21-13(2)18(23)20-11-15-4-3-9-25-15/h3-9,13,17H,10-11H2,1-2H3,(H,20,23)(H,21,24)/t13-,17+/m1/s1. The molecule has 1 aromatic carbocycles. The summed E-state index contributed by atoms with van der Waals surface area (Å²) in [5.74, 6) is -0.0175. The molecule has 1 aromatic heterocycles. The lowest BCUT2D eigenvalue weighted by molar-refractivity contribution is -0.135. The molecule has 2 atom stereocenters. The van der Waals surface area contributed by atoms with Crippen molar-refractivity contribution in [1.29, 1.82) is 0 Å². The van der Waals surface area contributed by atoms with E-state index in [1.807, 2.05) is 31.2 Å². The number of nitrogens with one attached hydrogen (secondary N) is 2. The number of nitrogens with zero attached hydrogens (tertiary/aromatic N) is 1. The third kappa shape index (κ3) is 4.30. The second-order valence-electron chi connectivity index (χ2n) is 6.23. The Morgan fingerprint density at radius 1 is 1.27 bits per heavy atom. The average Bonchev–Trinajstić information content (AvgIpc) is 3.32. The van der Waals surface area contributed by atoms with Gasteiger partial charge in [0, 0.05) is 6.42 Å². The number of oxime groups is 1. The molecule has 0 bridgehead atoms. The number of furan rings is 1. The predicted octanol–water partition coefficient (Wildman–Crippen LogP) is 1.90. The van der Waals surface area contributed by atoms with Crippen LogP contribution in [0.3, 0.4) is 0 Å². The van der Waals surface area contributed by atoms with Gasteiger partial charge in [0.1, 0.15) is 11.8 Å². The van der Waals surface area contributed by atoms with E-state index in [1.54, 1.807) is 19.1 Å². The monoisotopic (exact) mass is 355 g/mol. The molecule has 0 unspecified atom stereocenters. The minimum Gasteiger partial charge on any atom is -0.467 e. The van der Waals surface area contributed by atoms with E-state index in [1.165, 1.54) is 6.26 Å². The van der Waals surface area contributed by atoms with E-state index < -0.39 is 12.1 Å². The van der Waals surface area contributed by atoms with E-state index >= 15 is 0 Å². The third-order valence-electron chi connectivity index (χ3n) is 4.12. The second-order valence-corrected chi connectivity index (χ2v) is 6.23. The van der Waals surface area contributed by atoms with Gasteiger partial charge < -0.3 is 19.9 Å². The van der Waals surface area contributed by atoms with Gasteiger partial charge in [0.2, 0.25) is 12.0 Å². The molecule has 3 rings (SSSR count). The first-order valence-corrected chi connectivity index (χ1v) is 8.43. The lowest BCUT2D eigenvalue weighted by atomic mass is 10.0. The molecule has 2 aromatic rings. The van der Waals surface area contributed by atoms with Crippen LogP contribution in [0.25, 0.3) is 0 Å². The number of aryl methyl sites for hydroxylation is 1. The first-order chi connectivity index (χ1) is 12.5. The zero-order chi connectivity index (χ0) is 18.5. The van der Waals surface area contributed by atoms with Gasteiger partial charge in [-0.25, -0.2) is 0 Å². The molecule has 2 heterocycles. The van der Waals surface area contributed by atoms with Crippen molar-refractivity contribution in [3.05, 3.63) is 59.5 Å². The molecule has 1 aliphatic rings. The second kappa shape index (κ2) is 7.86. The minimum atomic E-state index is -0.730. The number of rotatable bonds is 6. The van der Waals surface area contributed by atoms with Crippen LogP contribution in [0.1, 0.15) is 30.2 Å². The molecule has 0 saturated heterocycles. The van der Waals surface area contributed by atoms with Gasteiger partial charge >= 0.3 is 0 Å². The molecule has 0 radical (unpaired) electrons. The normalized spacial score (nSPS) is 17.2. The smallest absolute Gasteiger partial charge is 0.264 e. The van der Waals surface area contributed by atoms with Crippen LogP contribution in [0.5, 0.6) is 0 Å². The highest BCUT2D eigenvalue weighted by molar-refractivity contribution is 6.04. The van der Waals surface area contributed by atoms with Crippen molar-refractivity contribution >= 4 is 17.5 Å². The van der Waals surface area contributed by atoms with E-state index in [9.17, 15) is 9.59 Å². The molecule has 2 amide bonds. The van der Waals surface area contributed by atoms with Crippen LogP contribution >= 0.6 is 0 Å². The molecule has 0 saturated carbocycles. The summed E-state index contributed by atoms with van der Waals surface area (Å²) in [5, 5.41) is 9.36. The fraction of sp³-hybridized carbons (Fsp3) is 0.316. The van der Waals surface area contributed by atoms with E-state index in [0.717, 1.165) is 16.8 Å². The highest BCUT2D eigenvalue weighted by atomic mass is 16.6. The highest BCUT2D eigenvalue weighted by Gasteiger charge is 2.30. The summed E-state index contributed by atoms with van der Waals surface area (Å²) >= 11 is 0. The van der Waals surface area contributed by atoms with Crippen molar-refractivity contribution in [2.45, 2.75) is 39.0 Å². The van der Waals surface area contributed by atoms with Crippen molar-refractivity contribution in [1.82, 2.24) is 10.6 Å². The van der Waals surface area contributed by atoms with Gasteiger partial charge in [-0.1, -0.05) is 35.0 Å². The van der Waals surface area contributed by atoms with Crippen LogP contribution in [0.4, 0.5) is 0 Å². The number of hydrogen-bond donors (Lipinski definition) is 2. The lowest BCUT2D eigenvalue weighted by Gasteiger charge is -2.15. The Hall–Kier alpha value is -3.09. The molecule has 7 nitrogen and oxygen atoms in total. The summed E-state index contributed by atoms with van der Waals surface area (Å²) in [5.41, 5.74) is 2.80. The van der Waals surface area contributed by atoms with Crippen LogP contribution in [-0.4, -0.2) is 29.7 Å². The molecular weight excluding hydrogens is 334 g/mol. The number of carbonyl (C=O) groups excluding carboxylic acids is 2. The minimum absolute atomic E-state index is 0.270. The molecular formula is C19H21N3O4. The van der Waals surface area contributed by atoms with E-state index in [0.29, 0.717) is 12.2 Å². The zero-order valence-corrected chi connectivity index (χ0v) is 14.7. The lowest BCUT2D eigenvalue weighted by Crippen LogP contribution is -2.47. The Balaban J connectivity index is 1.47. The summed E-state index contributed by atoms with van der Waals surface area (Å²) in [6.45, 7) is 3.89. The zero-order valence-electron chi connectivity index (χ0n) is 14.7. The third-order valence-corrected chi connectivity index (χ3v) is 4.12. The van der Waals surface area contributed by atoms with E-state index in [4.69, 9.17) is 9.25 Å². The molecule has 2 N–H and O–H groups in total. The summed E-state index contributed by atoms with van der Waals surface area (Å²) in [6, 6.07) is 10.7. The number of hydrogen-bond acceptors (Lipinski definition) is 5. The van der Waals surface area contributed by atoms with Crippen LogP contribution in [-0.2, 0) is 21.0 Å². The largest absolute Gasteiger partial charge is 0.467 e. The topological polar surface area (TPSA) is 92.9 Å². The van der Waals surface area contributed by atoms with E-state index in [-0.39, 0.29) is 18.4 Å². The fourth-order valence-electron chi connectivity index (χ4n) is 2.55. The van der Waals surface area contributed by atoms with Gasteiger partial charge in [-0.3, -0.25) is 9.59 Å². The maximum absolute atomic E-state index is 12.3. The van der Waals surface area contributed by atoms with Gasteiger partial charge in [-0.2, -0.15) is 0 Å². The quantitative estimate of drug-likeness (QED) is 0.828. The Morgan fingerprint density at radius 2 is 2.04 bits per heavy atom. The summed E-state index contributed by atoms with van der Waals surface area (Å²) in [6.07, 6.45) is 1.18. The average molecular weight is 355 g/mol. The Kier molecular flexibility index (Phi) is 5.36. The Labute approximate surface area is 151 Å². The van der Waals surface area contributed by atoms with Crippen molar-refractivity contribution in [3.63, 3.8) is 0 Å². The summed E-state index contributed by atoms with van der Waals surface area (Å²) < 4.78 is 5.15. The van der Waals surface area contributed by atoms with Crippen molar-refractivity contribution in [3.8, 4) is 0 Å². The maximum atomic E-state index is 12.3. The molecule has 26 heavy (non-hydrogen) atoms. The van der Waals surface area contributed by atoms with Crippen LogP contribution in [0, 0.1) is 6.92 Å². The van der Waals surface area contributed by atoms with Gasteiger partial charge in [0.15, 0.2) is 0 Å². The number of carbonyl (C=O) groups is 2. The molecule has 1 aliphatic heterocycles. The van der Waals surface area contributed by atoms with Gasteiger partial charge in [0.05, 0.1) is 18.5 Å². The number of amides is 2. The SMILES string of the molecule is Cc1ccc(C2=NO[C@H](C(=O)N[C@H](C)C(=O)NCc3ccco3)C2)cc1. The van der Waals surface area contributed by atoms with Crippen LogP contribution < -0.4 is 10.6 Å². The predicted molar refractivity (Wildman–Crippen MR) is 95.4 cm³/mol. The molecule has 0 fully saturated rings. The molecule has 136 valence electrons. The fourth-order valence-corrected chi connectivity index (χ4v) is 2.55. The van der Waals surface area contributed by atoms with Crippen LogP contribution in [0.15, 0.2) is 52.2 Å². The Morgan fingerprint density at radius 3 is 2.73 bits per heavy atom. The molecule has 7 heteroatoms. The van der Waals surface area contributed by atoms with E-state index in [2.05, 4.69) is 15.8 Å². The Bertz CT molecular complexity index is 797. The number of benzene rings is 1. The first-order valence-electron chi connectivity index (χ1n) is 8.43. The first kappa shape index (κ1) is 17.7. The van der Waals surface area contributed by atoms with Gasteiger partial charge in [-0.05, 0) is 31.5 Å². The summed E-state index contributed by atoms with van der Waals surface area (Å²) in [7, 11) is 0. The van der Waals surface area contributed by atoms with Crippen molar-refractivity contribution in [2.24, 2.45) is 5.16 Å². The van der Waals surface area contributed by atoms with Crippen molar-refractivity contribution < 1.29 is 18.8 Å². The van der Waals surface area contributed by atoms with Crippen molar-refractivity contribution in [2.75, 3.05) is 0 Å². The molecule has 0 spiro atoms. The van der Waals surface area contributed by atoms with Gasteiger partial charge in [-0.15, -0.1) is 0 Å². The van der Waals surface area contributed by atoms with Gasteiger partial charge in [0.25, 0.3) is 5.91 Å².